The molecule has 0 aliphatic rings. The van der Waals surface area contributed by atoms with E-state index in [-0.39, 0.29) is 19.5 Å². The molecular formula is C9H22O4. The summed E-state index contributed by atoms with van der Waals surface area (Å²) in [5, 5.41) is 15.8. The Kier molecular flexibility index (Phi) is 16.9. The molecule has 0 atom stereocenters. The van der Waals surface area contributed by atoms with Gasteiger partial charge in [0.15, 0.2) is 6.29 Å². The Morgan fingerprint density at radius 2 is 1.38 bits per heavy atom. The van der Waals surface area contributed by atoms with Crippen LogP contribution in [-0.2, 0) is 9.47 Å². The molecular weight excluding hydrogens is 172 g/mol. The van der Waals surface area contributed by atoms with Gasteiger partial charge >= 0.3 is 0 Å². The van der Waals surface area contributed by atoms with Crippen LogP contribution in [0.2, 0.25) is 0 Å². The van der Waals surface area contributed by atoms with E-state index in [1.54, 1.807) is 0 Å². The largest absolute Gasteiger partial charge is 0.396 e. The molecule has 0 unspecified atom stereocenters. The fourth-order valence-electron chi connectivity index (χ4n) is 0.588. The second-order valence-corrected chi connectivity index (χ2v) is 2.28. The molecule has 0 radical (unpaired) electrons. The zero-order chi connectivity index (χ0) is 10.5. The highest BCUT2D eigenvalue weighted by molar-refractivity contribution is 4.26. The van der Waals surface area contributed by atoms with Crippen LogP contribution >= 0.6 is 0 Å². The normalized spacial score (nSPS) is 9.69. The molecule has 0 spiro atoms. The number of hydrogen-bond donors (Lipinski definition) is 2. The molecule has 0 fully saturated rings. The molecule has 2 N–H and O–H groups in total. The average molecular weight is 194 g/mol. The van der Waals surface area contributed by atoms with E-state index in [4.69, 9.17) is 19.7 Å². The van der Waals surface area contributed by atoms with E-state index in [2.05, 4.69) is 0 Å². The third-order valence-electron chi connectivity index (χ3n) is 1.12. The Morgan fingerprint density at radius 1 is 1.00 bits per heavy atom. The van der Waals surface area contributed by atoms with E-state index in [9.17, 15) is 0 Å². The van der Waals surface area contributed by atoms with Gasteiger partial charge < -0.3 is 19.7 Å². The number of rotatable bonds is 6. The van der Waals surface area contributed by atoms with Gasteiger partial charge in [0.1, 0.15) is 0 Å². The van der Waals surface area contributed by atoms with Crippen LogP contribution in [-0.4, -0.2) is 42.9 Å². The van der Waals surface area contributed by atoms with Crippen molar-refractivity contribution in [3.63, 3.8) is 0 Å². The van der Waals surface area contributed by atoms with Gasteiger partial charge in [-0.25, -0.2) is 0 Å². The fraction of sp³-hybridized carbons (Fsp3) is 1.00. The summed E-state index contributed by atoms with van der Waals surface area (Å²) in [6.45, 7) is 7.44. The van der Waals surface area contributed by atoms with Crippen molar-refractivity contribution in [2.24, 2.45) is 0 Å². The number of ether oxygens (including phenoxy) is 2. The molecule has 4 nitrogen and oxygen atoms in total. The third-order valence-corrected chi connectivity index (χ3v) is 1.12. The van der Waals surface area contributed by atoms with Crippen molar-refractivity contribution in [3.05, 3.63) is 0 Å². The van der Waals surface area contributed by atoms with Crippen molar-refractivity contribution in [3.8, 4) is 0 Å². The molecule has 0 saturated carbocycles. The maximum absolute atomic E-state index is 7.91. The molecule has 82 valence electrons. The predicted molar refractivity (Wildman–Crippen MR) is 51.5 cm³/mol. The first-order valence-corrected chi connectivity index (χ1v) is 4.67. The van der Waals surface area contributed by atoms with Crippen molar-refractivity contribution in [1.29, 1.82) is 0 Å². The van der Waals surface area contributed by atoms with Crippen LogP contribution in [0.4, 0.5) is 0 Å². The van der Waals surface area contributed by atoms with E-state index in [1.807, 2.05) is 20.8 Å². The van der Waals surface area contributed by atoms with Crippen molar-refractivity contribution >= 4 is 0 Å². The number of aliphatic hydroxyl groups is 2. The molecule has 0 aliphatic carbocycles. The summed E-state index contributed by atoms with van der Waals surface area (Å²) in [6.07, 6.45) is 0.463. The molecule has 0 aromatic rings. The van der Waals surface area contributed by atoms with E-state index in [1.165, 1.54) is 0 Å². The highest BCUT2D eigenvalue weighted by atomic mass is 16.7. The third kappa shape index (κ3) is 18.7. The molecule has 0 aromatic heterocycles. The minimum atomic E-state index is -0.0370. The van der Waals surface area contributed by atoms with E-state index in [0.717, 1.165) is 13.2 Å². The average Bonchev–Trinajstić information content (AvgIpc) is 2.08. The summed E-state index contributed by atoms with van der Waals surface area (Å²) in [7, 11) is 0. The number of hydrogen-bond acceptors (Lipinski definition) is 4. The van der Waals surface area contributed by atoms with Crippen LogP contribution in [0.5, 0.6) is 0 Å². The Hall–Kier alpha value is -0.160. The quantitative estimate of drug-likeness (QED) is 0.613. The zero-order valence-corrected chi connectivity index (χ0v) is 8.82. The SMILES string of the molecule is CCOC(C)OCC.OCCCO. The molecule has 0 heterocycles. The summed E-state index contributed by atoms with van der Waals surface area (Å²) in [5.41, 5.74) is 0. The highest BCUT2D eigenvalue weighted by Crippen LogP contribution is 1.90. The van der Waals surface area contributed by atoms with Crippen LogP contribution in [0.1, 0.15) is 27.2 Å². The fourth-order valence-corrected chi connectivity index (χ4v) is 0.588. The maximum atomic E-state index is 7.91. The van der Waals surface area contributed by atoms with Crippen LogP contribution in [0, 0.1) is 0 Å². The van der Waals surface area contributed by atoms with Crippen molar-refractivity contribution < 1.29 is 19.7 Å². The minimum absolute atomic E-state index is 0.0370. The molecule has 13 heavy (non-hydrogen) atoms. The lowest BCUT2D eigenvalue weighted by molar-refractivity contribution is -0.123. The monoisotopic (exact) mass is 194 g/mol. The van der Waals surface area contributed by atoms with Crippen LogP contribution in [0.15, 0.2) is 0 Å². The topological polar surface area (TPSA) is 58.9 Å². The van der Waals surface area contributed by atoms with Crippen LogP contribution < -0.4 is 0 Å². The van der Waals surface area contributed by atoms with Gasteiger partial charge in [-0.2, -0.15) is 0 Å². The first kappa shape index (κ1) is 15.3. The van der Waals surface area contributed by atoms with Gasteiger partial charge in [0.05, 0.1) is 0 Å². The van der Waals surface area contributed by atoms with Gasteiger partial charge in [-0.05, 0) is 27.2 Å². The summed E-state index contributed by atoms with van der Waals surface area (Å²) >= 11 is 0. The lowest BCUT2D eigenvalue weighted by Crippen LogP contribution is -2.11. The molecule has 0 rings (SSSR count). The van der Waals surface area contributed by atoms with E-state index < -0.39 is 0 Å². The maximum Gasteiger partial charge on any atom is 0.154 e. The van der Waals surface area contributed by atoms with Crippen LogP contribution in [0.25, 0.3) is 0 Å². The molecule has 0 aromatic carbocycles. The zero-order valence-electron chi connectivity index (χ0n) is 8.82. The van der Waals surface area contributed by atoms with Crippen molar-refractivity contribution in [2.45, 2.75) is 33.5 Å². The smallest absolute Gasteiger partial charge is 0.154 e. The van der Waals surface area contributed by atoms with Gasteiger partial charge in [-0.1, -0.05) is 0 Å². The van der Waals surface area contributed by atoms with Gasteiger partial charge in [0.25, 0.3) is 0 Å². The van der Waals surface area contributed by atoms with Gasteiger partial charge in [0.2, 0.25) is 0 Å². The Labute approximate surface area is 80.5 Å². The van der Waals surface area contributed by atoms with Gasteiger partial charge in [-0.15, -0.1) is 0 Å². The molecule has 0 bridgehead atoms. The first-order valence-electron chi connectivity index (χ1n) is 4.67. The predicted octanol–water partition coefficient (Wildman–Crippen LogP) is 0.766. The lowest BCUT2D eigenvalue weighted by atomic mass is 10.5. The second-order valence-electron chi connectivity index (χ2n) is 2.28. The standard InChI is InChI=1S/C6H14O2.C3H8O2/c1-4-7-6(3)8-5-2;4-2-1-3-5/h6H,4-5H2,1-3H3;4-5H,1-3H2. The molecule has 0 amide bonds. The first-order chi connectivity index (χ1) is 6.22. The van der Waals surface area contributed by atoms with Crippen molar-refractivity contribution in [2.75, 3.05) is 26.4 Å². The highest BCUT2D eigenvalue weighted by Gasteiger charge is 1.94. The minimum Gasteiger partial charge on any atom is -0.396 e. The molecule has 0 saturated heterocycles. The van der Waals surface area contributed by atoms with Gasteiger partial charge in [0, 0.05) is 26.4 Å². The van der Waals surface area contributed by atoms with E-state index >= 15 is 0 Å². The Morgan fingerprint density at radius 3 is 1.54 bits per heavy atom. The Balaban J connectivity index is 0. The Bertz CT molecular complexity index is 70.0. The second kappa shape index (κ2) is 14.4. The molecule has 4 heteroatoms. The summed E-state index contributed by atoms with van der Waals surface area (Å²) in [6, 6.07) is 0. The van der Waals surface area contributed by atoms with Crippen LogP contribution in [0.3, 0.4) is 0 Å². The lowest BCUT2D eigenvalue weighted by Gasteiger charge is -2.09. The summed E-state index contributed by atoms with van der Waals surface area (Å²) in [4.78, 5) is 0. The van der Waals surface area contributed by atoms with Crippen molar-refractivity contribution in [1.82, 2.24) is 0 Å². The molecule has 0 aliphatic heterocycles. The van der Waals surface area contributed by atoms with Gasteiger partial charge in [-0.3, -0.25) is 0 Å². The number of aliphatic hydroxyl groups excluding tert-OH is 2. The van der Waals surface area contributed by atoms with E-state index in [0.29, 0.717) is 6.42 Å². The summed E-state index contributed by atoms with van der Waals surface area (Å²) < 4.78 is 10.1. The summed E-state index contributed by atoms with van der Waals surface area (Å²) in [5.74, 6) is 0.